The first kappa shape index (κ1) is 32.2. The van der Waals surface area contributed by atoms with E-state index in [-0.39, 0.29) is 48.0 Å². The Bertz CT molecular complexity index is 1560. The molecule has 1 amide bonds. The van der Waals surface area contributed by atoms with Gasteiger partial charge in [-0.05, 0) is 86.4 Å². The highest BCUT2D eigenvalue weighted by Gasteiger charge is 2.34. The van der Waals surface area contributed by atoms with Crippen LogP contribution in [0.1, 0.15) is 40.7 Å². The van der Waals surface area contributed by atoms with Crippen molar-refractivity contribution in [2.24, 2.45) is 5.73 Å². The minimum absolute atomic E-state index is 0.0411. The van der Waals surface area contributed by atoms with Crippen LogP contribution in [-0.4, -0.2) is 73.8 Å². The molecule has 2 aliphatic rings. The van der Waals surface area contributed by atoms with Crippen molar-refractivity contribution in [2.45, 2.75) is 42.9 Å². The van der Waals surface area contributed by atoms with Gasteiger partial charge in [-0.25, -0.2) is 13.4 Å². The van der Waals surface area contributed by atoms with Crippen LogP contribution in [0, 0.1) is 0 Å². The number of sulfonamides is 1. The van der Waals surface area contributed by atoms with E-state index in [4.69, 9.17) is 17.3 Å². The molecule has 14 heteroatoms. The summed E-state index contributed by atoms with van der Waals surface area (Å²) in [6.07, 6.45) is -1.28. The summed E-state index contributed by atoms with van der Waals surface area (Å²) >= 11 is 5.81. The van der Waals surface area contributed by atoms with Gasteiger partial charge in [-0.2, -0.15) is 17.5 Å². The number of piperazine rings is 1. The number of aromatic nitrogens is 1. The van der Waals surface area contributed by atoms with E-state index in [0.29, 0.717) is 23.8 Å². The topological polar surface area (TPSA) is 112 Å². The lowest BCUT2D eigenvalue weighted by Gasteiger charge is -2.35. The molecule has 9 nitrogen and oxygen atoms in total. The van der Waals surface area contributed by atoms with Crippen LogP contribution < -0.4 is 16.0 Å². The maximum absolute atomic E-state index is 13.3. The van der Waals surface area contributed by atoms with E-state index in [1.54, 1.807) is 17.0 Å². The Balaban J connectivity index is 1.16. The van der Waals surface area contributed by atoms with Gasteiger partial charge < -0.3 is 16.0 Å². The molecule has 3 heterocycles. The highest BCUT2D eigenvalue weighted by Crippen LogP contribution is 2.33. The number of pyridine rings is 1. The summed E-state index contributed by atoms with van der Waals surface area (Å²) in [5.74, 6) is -0.270. The van der Waals surface area contributed by atoms with Crippen molar-refractivity contribution >= 4 is 39.0 Å². The Hall–Kier alpha value is -3.23. The summed E-state index contributed by atoms with van der Waals surface area (Å²) in [6, 6.07) is 15.5. The lowest BCUT2D eigenvalue weighted by atomic mass is 10.1. The summed E-state index contributed by atoms with van der Waals surface area (Å²) in [5.41, 5.74) is 6.88. The predicted molar refractivity (Wildman–Crippen MR) is 163 cm³/mol. The molecule has 2 fully saturated rings. The second-order valence-corrected chi connectivity index (χ2v) is 13.3. The van der Waals surface area contributed by atoms with Crippen molar-refractivity contribution < 1.29 is 26.4 Å². The number of amides is 1. The first-order valence-electron chi connectivity index (χ1n) is 14.4. The van der Waals surface area contributed by atoms with E-state index < -0.39 is 21.8 Å². The third-order valence-corrected chi connectivity index (χ3v) is 10.1. The van der Waals surface area contributed by atoms with E-state index in [9.17, 15) is 26.4 Å². The van der Waals surface area contributed by atoms with Crippen LogP contribution in [0.2, 0.25) is 5.15 Å². The van der Waals surface area contributed by atoms with Crippen LogP contribution in [0.3, 0.4) is 0 Å². The molecule has 1 atom stereocenters. The quantitative estimate of drug-likeness (QED) is 0.319. The van der Waals surface area contributed by atoms with Crippen LogP contribution in [0.15, 0.2) is 65.6 Å². The number of hydrogen-bond acceptors (Lipinski definition) is 7. The maximum atomic E-state index is 13.3. The van der Waals surface area contributed by atoms with Crippen LogP contribution in [0.25, 0.3) is 0 Å². The summed E-state index contributed by atoms with van der Waals surface area (Å²) < 4.78 is 67.4. The van der Waals surface area contributed by atoms with Crippen molar-refractivity contribution in [1.82, 2.24) is 14.2 Å². The monoisotopic (exact) mass is 650 g/mol. The third-order valence-electron chi connectivity index (χ3n) is 8.02. The van der Waals surface area contributed by atoms with E-state index in [1.165, 1.54) is 35.0 Å². The molecule has 2 saturated heterocycles. The number of benzene rings is 2. The highest BCUT2D eigenvalue weighted by molar-refractivity contribution is 7.89. The van der Waals surface area contributed by atoms with Gasteiger partial charge in [0.25, 0.3) is 5.91 Å². The fourth-order valence-corrected chi connectivity index (χ4v) is 7.27. The van der Waals surface area contributed by atoms with Crippen molar-refractivity contribution in [3.8, 4) is 0 Å². The number of nitrogens with two attached hydrogens (primary N) is 1. The summed E-state index contributed by atoms with van der Waals surface area (Å²) in [7, 11) is -3.87. The van der Waals surface area contributed by atoms with Crippen LogP contribution in [0.4, 0.5) is 24.7 Å². The molecule has 2 aromatic carbocycles. The molecule has 2 aliphatic heterocycles. The minimum Gasteiger partial charge on any atom is -0.354 e. The number of anilines is 2. The molecule has 1 aromatic heterocycles. The third kappa shape index (κ3) is 7.52. The fraction of sp³-hybridized carbons (Fsp3) is 0.400. The smallest absolute Gasteiger partial charge is 0.354 e. The van der Waals surface area contributed by atoms with E-state index in [0.717, 1.165) is 43.6 Å². The summed E-state index contributed by atoms with van der Waals surface area (Å²) in [6.45, 7) is 2.92. The van der Waals surface area contributed by atoms with Crippen LogP contribution >= 0.6 is 11.6 Å². The van der Waals surface area contributed by atoms with E-state index in [2.05, 4.69) is 15.2 Å². The normalized spacial score (nSPS) is 18.5. The van der Waals surface area contributed by atoms with Crippen LogP contribution in [0.5, 0.6) is 0 Å². The SMILES string of the molecule is NCC[C@@H]1CCCN1Cc1ccc(C(=O)Nc2ccc(S(=O)(=O)N3CCN(c4cc(C(F)(F)F)cc(Cl)n4)CC3)cc2)cc1. The Morgan fingerprint density at radius 1 is 1.00 bits per heavy atom. The zero-order chi connectivity index (χ0) is 31.5. The number of alkyl halides is 3. The molecule has 5 rings (SSSR count). The molecular formula is C30H34ClF3N6O3S. The average molecular weight is 651 g/mol. The average Bonchev–Trinajstić information content (AvgIpc) is 3.43. The molecule has 0 spiro atoms. The second kappa shape index (κ2) is 13.4. The molecule has 3 aromatic rings. The maximum Gasteiger partial charge on any atom is 0.416 e. The van der Waals surface area contributed by atoms with Gasteiger partial charge in [-0.15, -0.1) is 0 Å². The standard InChI is InChI=1S/C30H34ClF3N6O3S/c31-27-18-23(30(32,33)34)19-28(37-27)38-14-16-40(17-15-38)44(42,43)26-9-7-24(8-10-26)36-29(41)22-5-3-21(4-6-22)20-39-13-1-2-25(39)11-12-35/h3-10,18-19,25H,1-2,11-17,20,35H2,(H,36,41)/t25-/m0/s1. The van der Waals surface area contributed by atoms with Crippen molar-refractivity contribution in [3.63, 3.8) is 0 Å². The summed E-state index contributed by atoms with van der Waals surface area (Å²) in [5, 5.41) is 2.51. The van der Waals surface area contributed by atoms with Gasteiger partial charge >= 0.3 is 6.18 Å². The van der Waals surface area contributed by atoms with E-state index in [1.807, 2.05) is 12.1 Å². The Morgan fingerprint density at radius 3 is 2.32 bits per heavy atom. The first-order chi connectivity index (χ1) is 20.9. The van der Waals surface area contributed by atoms with Gasteiger partial charge in [0.1, 0.15) is 11.0 Å². The Morgan fingerprint density at radius 2 is 1.68 bits per heavy atom. The molecular weight excluding hydrogens is 617 g/mol. The number of rotatable bonds is 9. The van der Waals surface area contributed by atoms with Crippen molar-refractivity contribution in [2.75, 3.05) is 49.5 Å². The van der Waals surface area contributed by atoms with Gasteiger partial charge in [0.15, 0.2) is 0 Å². The van der Waals surface area contributed by atoms with Crippen molar-refractivity contribution in [3.05, 3.63) is 82.5 Å². The first-order valence-corrected chi connectivity index (χ1v) is 16.2. The van der Waals surface area contributed by atoms with Gasteiger partial charge in [0, 0.05) is 50.0 Å². The molecule has 0 bridgehead atoms. The second-order valence-electron chi connectivity index (χ2n) is 10.9. The number of nitrogens with zero attached hydrogens (tertiary/aromatic N) is 4. The number of likely N-dealkylation sites (tertiary alicyclic amines) is 1. The fourth-order valence-electron chi connectivity index (χ4n) is 5.65. The molecule has 0 unspecified atom stereocenters. The predicted octanol–water partition coefficient (Wildman–Crippen LogP) is 4.83. The zero-order valence-electron chi connectivity index (χ0n) is 23.9. The number of carbonyl (C=O) groups excluding carboxylic acids is 1. The molecule has 0 aliphatic carbocycles. The Labute approximate surface area is 259 Å². The van der Waals surface area contributed by atoms with Gasteiger partial charge in [-0.1, -0.05) is 23.7 Å². The number of halogens is 4. The van der Waals surface area contributed by atoms with Crippen LogP contribution in [-0.2, 0) is 22.7 Å². The van der Waals surface area contributed by atoms with Gasteiger partial charge in [0.05, 0.1) is 10.5 Å². The molecule has 44 heavy (non-hydrogen) atoms. The molecule has 236 valence electrons. The van der Waals surface area contributed by atoms with E-state index >= 15 is 0 Å². The highest BCUT2D eigenvalue weighted by atomic mass is 35.5. The van der Waals surface area contributed by atoms with Gasteiger partial charge in [0.2, 0.25) is 10.0 Å². The number of nitrogens with one attached hydrogen (secondary N) is 1. The minimum atomic E-state index is -4.58. The zero-order valence-corrected chi connectivity index (χ0v) is 25.5. The summed E-state index contributed by atoms with van der Waals surface area (Å²) in [4.78, 5) is 20.9. The van der Waals surface area contributed by atoms with Crippen molar-refractivity contribution in [1.29, 1.82) is 0 Å². The molecule has 0 radical (unpaired) electrons. The number of hydrogen-bond donors (Lipinski definition) is 2. The Kier molecular flexibility index (Phi) is 9.80. The lowest BCUT2D eigenvalue weighted by molar-refractivity contribution is -0.137. The molecule has 3 N–H and O–H groups in total. The molecule has 0 saturated carbocycles. The number of carbonyl (C=O) groups is 1. The van der Waals surface area contributed by atoms with Gasteiger partial charge in [-0.3, -0.25) is 9.69 Å². The largest absolute Gasteiger partial charge is 0.416 e. The lowest BCUT2D eigenvalue weighted by Crippen LogP contribution is -2.49.